The van der Waals surface area contributed by atoms with Crippen molar-refractivity contribution in [3.05, 3.63) is 65.0 Å². The van der Waals surface area contributed by atoms with E-state index < -0.39 is 32.7 Å². The van der Waals surface area contributed by atoms with E-state index in [1.807, 2.05) is 4.72 Å². The first-order valence-electron chi connectivity index (χ1n) is 6.76. The number of halogens is 1. The third-order valence-corrected chi connectivity index (χ3v) is 4.70. The van der Waals surface area contributed by atoms with Crippen LogP contribution in [0.2, 0.25) is 0 Å². The number of carboxylic acid groups (broad SMARTS) is 1. The van der Waals surface area contributed by atoms with Crippen molar-refractivity contribution in [1.29, 1.82) is 5.26 Å². The van der Waals surface area contributed by atoms with E-state index in [9.17, 15) is 22.7 Å². The van der Waals surface area contributed by atoms with Crippen molar-refractivity contribution in [3.8, 4) is 6.07 Å². The van der Waals surface area contributed by atoms with E-state index in [0.717, 1.165) is 23.8 Å². The first kappa shape index (κ1) is 17.6. The van der Waals surface area contributed by atoms with Gasteiger partial charge in [0.2, 0.25) is 10.0 Å². The molecule has 0 saturated carbocycles. The van der Waals surface area contributed by atoms with Gasteiger partial charge in [-0.25, -0.2) is 12.8 Å². The summed E-state index contributed by atoms with van der Waals surface area (Å²) >= 11 is 0. The van der Waals surface area contributed by atoms with Crippen molar-refractivity contribution in [2.75, 3.05) is 0 Å². The van der Waals surface area contributed by atoms with E-state index in [0.29, 0.717) is 0 Å². The van der Waals surface area contributed by atoms with Gasteiger partial charge in [0.1, 0.15) is 16.8 Å². The molecule has 6 nitrogen and oxygen atoms in total. The van der Waals surface area contributed by atoms with Crippen LogP contribution in [0.3, 0.4) is 0 Å². The predicted molar refractivity (Wildman–Crippen MR) is 83.0 cm³/mol. The van der Waals surface area contributed by atoms with Crippen LogP contribution in [0.15, 0.2) is 47.4 Å². The number of nitrogens with one attached hydrogen (secondary N) is 1. The van der Waals surface area contributed by atoms with Gasteiger partial charge in [-0.15, -0.1) is 0 Å². The maximum absolute atomic E-state index is 13.9. The number of nitrogens with zero attached hydrogens (tertiary/aromatic N) is 1. The summed E-state index contributed by atoms with van der Waals surface area (Å²) in [7, 11) is -4.44. The molecule has 1 unspecified atom stereocenters. The molecule has 0 amide bonds. The number of hydrogen-bond acceptors (Lipinski definition) is 4. The van der Waals surface area contributed by atoms with Crippen molar-refractivity contribution < 1.29 is 22.7 Å². The van der Waals surface area contributed by atoms with Crippen molar-refractivity contribution in [2.24, 2.45) is 0 Å². The summed E-state index contributed by atoms with van der Waals surface area (Å²) < 4.78 is 40.6. The Morgan fingerprint density at radius 1 is 1.29 bits per heavy atom. The molecule has 0 spiro atoms. The monoisotopic (exact) mass is 348 g/mol. The van der Waals surface area contributed by atoms with Crippen LogP contribution >= 0.6 is 0 Å². The maximum Gasteiger partial charge on any atom is 0.326 e. The fourth-order valence-electron chi connectivity index (χ4n) is 2.12. The van der Waals surface area contributed by atoms with E-state index in [1.54, 1.807) is 25.1 Å². The number of carboxylic acids is 1. The first-order valence-corrected chi connectivity index (χ1v) is 8.24. The summed E-state index contributed by atoms with van der Waals surface area (Å²) in [4.78, 5) is 10.7. The number of benzene rings is 2. The van der Waals surface area contributed by atoms with Crippen LogP contribution in [0.1, 0.15) is 22.7 Å². The molecule has 2 N–H and O–H groups in total. The molecule has 124 valence electrons. The van der Waals surface area contributed by atoms with Gasteiger partial charge in [-0.2, -0.15) is 9.98 Å². The average molecular weight is 348 g/mol. The second kappa shape index (κ2) is 6.78. The zero-order valence-corrected chi connectivity index (χ0v) is 13.3. The molecule has 0 bridgehead atoms. The second-order valence-electron chi connectivity index (χ2n) is 5.06. The zero-order valence-electron chi connectivity index (χ0n) is 12.5. The van der Waals surface area contributed by atoms with E-state index in [4.69, 9.17) is 5.26 Å². The normalized spacial score (nSPS) is 12.4. The number of carbonyl (C=O) groups is 1. The molecule has 2 aromatic rings. The van der Waals surface area contributed by atoms with Crippen LogP contribution in [-0.2, 0) is 14.8 Å². The molecule has 0 radical (unpaired) electrons. The van der Waals surface area contributed by atoms with Crippen LogP contribution in [0, 0.1) is 24.1 Å². The largest absolute Gasteiger partial charge is 0.480 e. The van der Waals surface area contributed by atoms with E-state index in [-0.39, 0.29) is 11.1 Å². The standard InChI is InChI=1S/C16H13FN2O4S/c1-10-3-2-4-12(7-10)15(16(20)21)19-24(22,23)14-6-5-11(9-18)8-13(14)17/h2-8,15,19H,1H3,(H,20,21). The Labute approximate surface area is 138 Å². The van der Waals surface area contributed by atoms with E-state index in [2.05, 4.69) is 0 Å². The number of aliphatic carboxylic acids is 1. The van der Waals surface area contributed by atoms with E-state index >= 15 is 0 Å². The number of aryl methyl sites for hydroxylation is 1. The summed E-state index contributed by atoms with van der Waals surface area (Å²) in [6.45, 7) is 1.73. The fourth-order valence-corrected chi connectivity index (χ4v) is 3.35. The Balaban J connectivity index is 2.42. The molecule has 0 aliphatic rings. The highest BCUT2D eigenvalue weighted by Gasteiger charge is 2.29. The molecule has 8 heteroatoms. The van der Waals surface area contributed by atoms with Gasteiger partial charge in [0.15, 0.2) is 0 Å². The molecular formula is C16H13FN2O4S. The number of sulfonamides is 1. The molecule has 0 saturated heterocycles. The summed E-state index contributed by atoms with van der Waals surface area (Å²) in [5.74, 6) is -2.55. The van der Waals surface area contributed by atoms with Crippen molar-refractivity contribution in [2.45, 2.75) is 17.9 Å². The van der Waals surface area contributed by atoms with Gasteiger partial charge in [-0.05, 0) is 30.7 Å². The Kier molecular flexibility index (Phi) is 4.97. The van der Waals surface area contributed by atoms with Crippen LogP contribution in [0.5, 0.6) is 0 Å². The van der Waals surface area contributed by atoms with Gasteiger partial charge in [0.05, 0.1) is 11.6 Å². The van der Waals surface area contributed by atoms with Crippen molar-refractivity contribution >= 4 is 16.0 Å². The zero-order chi connectivity index (χ0) is 17.9. The quantitative estimate of drug-likeness (QED) is 0.860. The maximum atomic E-state index is 13.9. The van der Waals surface area contributed by atoms with Gasteiger partial charge >= 0.3 is 5.97 Å². The molecule has 0 aromatic heterocycles. The lowest BCUT2D eigenvalue weighted by Crippen LogP contribution is -2.34. The Hall–Kier alpha value is -2.76. The van der Waals surface area contributed by atoms with Crippen LogP contribution in [0.25, 0.3) is 0 Å². The number of nitriles is 1. The van der Waals surface area contributed by atoms with Gasteiger partial charge in [-0.3, -0.25) is 4.79 Å². The SMILES string of the molecule is Cc1cccc(C(NS(=O)(=O)c2ccc(C#N)cc2F)C(=O)O)c1. The molecule has 0 heterocycles. The molecule has 2 rings (SSSR count). The minimum atomic E-state index is -4.44. The lowest BCUT2D eigenvalue weighted by molar-refractivity contribution is -0.139. The van der Waals surface area contributed by atoms with E-state index in [1.165, 1.54) is 12.1 Å². The molecular weight excluding hydrogens is 335 g/mol. The molecule has 0 fully saturated rings. The Morgan fingerprint density at radius 3 is 2.54 bits per heavy atom. The lowest BCUT2D eigenvalue weighted by Gasteiger charge is -2.16. The second-order valence-corrected chi connectivity index (χ2v) is 6.75. The van der Waals surface area contributed by atoms with Gasteiger partial charge in [0.25, 0.3) is 0 Å². The highest BCUT2D eigenvalue weighted by molar-refractivity contribution is 7.89. The van der Waals surface area contributed by atoms with Crippen LogP contribution in [0.4, 0.5) is 4.39 Å². The Bertz CT molecular complexity index is 935. The molecule has 1 atom stereocenters. The van der Waals surface area contributed by atoms with Gasteiger partial charge in [0, 0.05) is 0 Å². The molecule has 0 aliphatic heterocycles. The van der Waals surface area contributed by atoms with Gasteiger partial charge in [-0.1, -0.05) is 29.8 Å². The van der Waals surface area contributed by atoms with Crippen LogP contribution in [-0.4, -0.2) is 19.5 Å². The lowest BCUT2D eigenvalue weighted by atomic mass is 10.1. The summed E-state index contributed by atoms with van der Waals surface area (Å²) in [5.41, 5.74) is 0.933. The average Bonchev–Trinajstić information content (AvgIpc) is 2.52. The molecule has 0 aliphatic carbocycles. The first-order chi connectivity index (χ1) is 11.2. The van der Waals surface area contributed by atoms with Gasteiger partial charge < -0.3 is 5.11 Å². The third kappa shape index (κ3) is 3.76. The minimum Gasteiger partial charge on any atom is -0.480 e. The Morgan fingerprint density at radius 2 is 2.00 bits per heavy atom. The topological polar surface area (TPSA) is 107 Å². The molecule has 24 heavy (non-hydrogen) atoms. The summed E-state index contributed by atoms with van der Waals surface area (Å²) in [6, 6.07) is 9.27. The number of hydrogen-bond donors (Lipinski definition) is 2. The summed E-state index contributed by atoms with van der Waals surface area (Å²) in [6.07, 6.45) is 0. The van der Waals surface area contributed by atoms with Crippen LogP contribution < -0.4 is 4.72 Å². The fraction of sp³-hybridized carbons (Fsp3) is 0.125. The summed E-state index contributed by atoms with van der Waals surface area (Å²) in [5, 5.41) is 18.0. The van der Waals surface area contributed by atoms with Crippen molar-refractivity contribution in [1.82, 2.24) is 4.72 Å². The highest BCUT2D eigenvalue weighted by atomic mass is 32.2. The predicted octanol–water partition coefficient (Wildman–Crippen LogP) is 2.11. The minimum absolute atomic E-state index is 0.0417. The van der Waals surface area contributed by atoms with Crippen molar-refractivity contribution in [3.63, 3.8) is 0 Å². The third-order valence-electron chi connectivity index (χ3n) is 3.25. The highest BCUT2D eigenvalue weighted by Crippen LogP contribution is 2.21. The molecule has 2 aromatic carbocycles. The number of rotatable bonds is 5. The smallest absolute Gasteiger partial charge is 0.326 e.